The fourth-order valence-corrected chi connectivity index (χ4v) is 2.48. The van der Waals surface area contributed by atoms with Gasteiger partial charge in [-0.2, -0.15) is 0 Å². The zero-order valence-electron chi connectivity index (χ0n) is 11.5. The lowest BCUT2D eigenvalue weighted by atomic mass is 10.1. The molecule has 100 valence electrons. The zero-order valence-corrected chi connectivity index (χ0v) is 13.1. The van der Waals surface area contributed by atoms with Gasteiger partial charge in [0.05, 0.1) is 0 Å². The van der Waals surface area contributed by atoms with E-state index < -0.39 is 0 Å². The maximum Gasteiger partial charge on any atom is 0.0180 e. The van der Waals surface area contributed by atoms with E-state index >= 15 is 0 Å². The summed E-state index contributed by atoms with van der Waals surface area (Å²) in [4.78, 5) is 0.652. The summed E-state index contributed by atoms with van der Waals surface area (Å²) in [5, 5.41) is 0. The summed E-state index contributed by atoms with van der Waals surface area (Å²) < 4.78 is 0. The average molecular weight is 301 g/mol. The van der Waals surface area contributed by atoms with Crippen molar-refractivity contribution in [1.82, 2.24) is 0 Å². The van der Waals surface area contributed by atoms with E-state index in [9.17, 15) is 0 Å². The van der Waals surface area contributed by atoms with Gasteiger partial charge < -0.3 is 0 Å². The van der Waals surface area contributed by atoms with Crippen LogP contribution in [0.1, 0.15) is 71.1 Å². The molecule has 1 unspecified atom stereocenters. The molecule has 0 saturated heterocycles. The van der Waals surface area contributed by atoms with Crippen molar-refractivity contribution in [3.63, 3.8) is 0 Å². The van der Waals surface area contributed by atoms with Gasteiger partial charge in [-0.3, -0.25) is 0 Å². The molecule has 0 rings (SSSR count). The van der Waals surface area contributed by atoms with Crippen LogP contribution >= 0.6 is 15.9 Å². The fourth-order valence-electron chi connectivity index (χ4n) is 1.94. The third-order valence-electron chi connectivity index (χ3n) is 3.03. The molecule has 17 heavy (non-hydrogen) atoms. The van der Waals surface area contributed by atoms with Crippen LogP contribution in [-0.2, 0) is 0 Å². The lowest BCUT2D eigenvalue weighted by Crippen LogP contribution is -1.95. The van der Waals surface area contributed by atoms with Gasteiger partial charge in [0.2, 0.25) is 0 Å². The molecule has 0 radical (unpaired) electrons. The van der Waals surface area contributed by atoms with Gasteiger partial charge in [-0.05, 0) is 12.8 Å². The Labute approximate surface area is 117 Å². The molecule has 0 nitrogen and oxygen atoms in total. The van der Waals surface area contributed by atoms with Crippen molar-refractivity contribution >= 4 is 15.9 Å². The first-order valence-corrected chi connectivity index (χ1v) is 8.14. The third kappa shape index (κ3) is 13.9. The standard InChI is InChI=1S/C16H29Br/c1-3-5-7-8-9-10-11-13-15-16(17)14-12-6-4-2/h4,6,12,16H,2-3,5,7-11,13-15H2,1H3. The van der Waals surface area contributed by atoms with Crippen LogP contribution in [0.2, 0.25) is 0 Å². The predicted octanol–water partition coefficient (Wildman–Crippen LogP) is 6.41. The fraction of sp³-hybridized carbons (Fsp3) is 0.750. The van der Waals surface area contributed by atoms with Gasteiger partial charge in [-0.15, -0.1) is 0 Å². The Kier molecular flexibility index (Phi) is 14.0. The maximum atomic E-state index is 3.73. The largest absolute Gasteiger partial charge is 0.0991 e. The molecule has 0 aromatic heterocycles. The first-order chi connectivity index (χ1) is 8.31. The number of halogens is 1. The molecular weight excluding hydrogens is 272 g/mol. The van der Waals surface area contributed by atoms with Gasteiger partial charge in [-0.25, -0.2) is 0 Å². The number of hydrogen-bond donors (Lipinski definition) is 0. The highest BCUT2D eigenvalue weighted by Gasteiger charge is 2.00. The molecule has 0 aliphatic rings. The molecule has 0 bridgehead atoms. The number of hydrogen-bond acceptors (Lipinski definition) is 0. The second-order valence-corrected chi connectivity index (χ2v) is 6.06. The van der Waals surface area contributed by atoms with Crippen LogP contribution in [-0.4, -0.2) is 4.83 Å². The van der Waals surface area contributed by atoms with Crippen molar-refractivity contribution in [3.8, 4) is 0 Å². The van der Waals surface area contributed by atoms with Crippen molar-refractivity contribution in [3.05, 3.63) is 24.8 Å². The summed E-state index contributed by atoms with van der Waals surface area (Å²) in [5.41, 5.74) is 0. The second kappa shape index (κ2) is 14.0. The van der Waals surface area contributed by atoms with Crippen LogP contribution < -0.4 is 0 Å². The lowest BCUT2D eigenvalue weighted by molar-refractivity contribution is 0.562. The summed E-state index contributed by atoms with van der Waals surface area (Å²) in [5.74, 6) is 0. The molecule has 0 amide bonds. The normalized spacial score (nSPS) is 13.1. The SMILES string of the molecule is C=CC=CCC(Br)CCCCCCCCCC. The molecule has 0 saturated carbocycles. The molecule has 1 atom stereocenters. The van der Waals surface area contributed by atoms with E-state index in [1.165, 1.54) is 57.8 Å². The Morgan fingerprint density at radius 2 is 1.59 bits per heavy atom. The highest BCUT2D eigenvalue weighted by molar-refractivity contribution is 9.09. The van der Waals surface area contributed by atoms with Crippen LogP contribution in [0.15, 0.2) is 24.8 Å². The Hall–Kier alpha value is -0.0400. The molecule has 0 fully saturated rings. The average Bonchev–Trinajstić information content (AvgIpc) is 2.33. The first kappa shape index (κ1) is 17.0. The minimum absolute atomic E-state index is 0.652. The van der Waals surface area contributed by atoms with Crippen molar-refractivity contribution in [2.24, 2.45) is 0 Å². The Balaban J connectivity index is 3.16. The van der Waals surface area contributed by atoms with Gasteiger partial charge >= 0.3 is 0 Å². The van der Waals surface area contributed by atoms with Crippen molar-refractivity contribution < 1.29 is 0 Å². The van der Waals surface area contributed by atoms with E-state index in [0.29, 0.717) is 4.83 Å². The van der Waals surface area contributed by atoms with Gasteiger partial charge in [-0.1, -0.05) is 99.0 Å². The Bertz CT molecular complexity index is 184. The van der Waals surface area contributed by atoms with E-state index in [1.807, 2.05) is 12.2 Å². The lowest BCUT2D eigenvalue weighted by Gasteiger charge is -2.06. The smallest absolute Gasteiger partial charge is 0.0180 e. The van der Waals surface area contributed by atoms with Crippen molar-refractivity contribution in [1.29, 1.82) is 0 Å². The number of rotatable bonds is 12. The van der Waals surface area contributed by atoms with Crippen LogP contribution in [0.3, 0.4) is 0 Å². The molecule has 0 spiro atoms. The highest BCUT2D eigenvalue weighted by atomic mass is 79.9. The monoisotopic (exact) mass is 300 g/mol. The summed E-state index contributed by atoms with van der Waals surface area (Å²) in [6.07, 6.45) is 19.8. The summed E-state index contributed by atoms with van der Waals surface area (Å²) in [6, 6.07) is 0. The molecule has 1 heteroatoms. The second-order valence-electron chi connectivity index (χ2n) is 4.76. The van der Waals surface area contributed by atoms with E-state index in [2.05, 4.69) is 35.5 Å². The maximum absolute atomic E-state index is 3.73. The van der Waals surface area contributed by atoms with Crippen LogP contribution in [0, 0.1) is 0 Å². The third-order valence-corrected chi connectivity index (χ3v) is 3.87. The van der Waals surface area contributed by atoms with Gasteiger partial charge in [0, 0.05) is 4.83 Å². The predicted molar refractivity (Wildman–Crippen MR) is 83.9 cm³/mol. The van der Waals surface area contributed by atoms with Gasteiger partial charge in [0.15, 0.2) is 0 Å². The van der Waals surface area contributed by atoms with Crippen molar-refractivity contribution in [2.45, 2.75) is 76.0 Å². The summed E-state index contributed by atoms with van der Waals surface area (Å²) in [7, 11) is 0. The topological polar surface area (TPSA) is 0 Å². The van der Waals surface area contributed by atoms with Crippen LogP contribution in [0.4, 0.5) is 0 Å². The summed E-state index contributed by atoms with van der Waals surface area (Å²) in [6.45, 7) is 5.95. The van der Waals surface area contributed by atoms with Gasteiger partial charge in [0.1, 0.15) is 0 Å². The van der Waals surface area contributed by atoms with E-state index in [-0.39, 0.29) is 0 Å². The van der Waals surface area contributed by atoms with E-state index in [4.69, 9.17) is 0 Å². The quantitative estimate of drug-likeness (QED) is 0.222. The summed E-state index contributed by atoms with van der Waals surface area (Å²) >= 11 is 3.73. The Morgan fingerprint density at radius 3 is 2.18 bits per heavy atom. The van der Waals surface area contributed by atoms with Crippen molar-refractivity contribution in [2.75, 3.05) is 0 Å². The number of allylic oxidation sites excluding steroid dienone is 3. The highest BCUT2D eigenvalue weighted by Crippen LogP contribution is 2.16. The molecule has 0 aliphatic heterocycles. The molecule has 0 aromatic rings. The van der Waals surface area contributed by atoms with Crippen LogP contribution in [0.5, 0.6) is 0 Å². The van der Waals surface area contributed by atoms with Crippen LogP contribution in [0.25, 0.3) is 0 Å². The number of alkyl halides is 1. The zero-order chi connectivity index (χ0) is 12.8. The van der Waals surface area contributed by atoms with E-state index in [1.54, 1.807) is 0 Å². The number of unbranched alkanes of at least 4 members (excludes halogenated alkanes) is 7. The molecular formula is C16H29Br. The molecule has 0 aliphatic carbocycles. The minimum Gasteiger partial charge on any atom is -0.0991 e. The minimum atomic E-state index is 0.652. The molecule has 0 heterocycles. The first-order valence-electron chi connectivity index (χ1n) is 7.22. The van der Waals surface area contributed by atoms with Gasteiger partial charge in [0.25, 0.3) is 0 Å². The molecule has 0 N–H and O–H groups in total. The van der Waals surface area contributed by atoms with E-state index in [0.717, 1.165) is 6.42 Å². The Morgan fingerprint density at radius 1 is 1.00 bits per heavy atom. The molecule has 0 aromatic carbocycles.